The number of aromatic nitrogens is 2. The summed E-state index contributed by atoms with van der Waals surface area (Å²) in [5.41, 5.74) is 2.01. The van der Waals surface area contributed by atoms with Crippen molar-refractivity contribution < 1.29 is 4.79 Å². The lowest BCUT2D eigenvalue weighted by atomic mass is 10.2. The number of halogens is 1. The first-order valence-electron chi connectivity index (χ1n) is 8.73. The summed E-state index contributed by atoms with van der Waals surface area (Å²) in [6.45, 7) is 4.88. The van der Waals surface area contributed by atoms with E-state index in [-0.39, 0.29) is 11.9 Å². The molecule has 1 aromatic heterocycles. The van der Waals surface area contributed by atoms with Crippen molar-refractivity contribution in [1.82, 2.24) is 9.97 Å². The molecule has 1 heterocycles. The fourth-order valence-electron chi connectivity index (χ4n) is 2.69. The Kier molecular flexibility index (Phi) is 6.04. The van der Waals surface area contributed by atoms with Crippen LogP contribution in [-0.2, 0) is 6.54 Å². The van der Waals surface area contributed by atoms with Crippen molar-refractivity contribution in [2.45, 2.75) is 26.4 Å². The van der Waals surface area contributed by atoms with Crippen LogP contribution in [0, 0.1) is 0 Å². The van der Waals surface area contributed by atoms with Crippen LogP contribution in [0.1, 0.15) is 29.9 Å². The van der Waals surface area contributed by atoms with Crippen LogP contribution in [0.2, 0.25) is 5.02 Å². The molecule has 138 valence electrons. The summed E-state index contributed by atoms with van der Waals surface area (Å²) in [4.78, 5) is 23.2. The zero-order valence-electron chi connectivity index (χ0n) is 15.3. The molecule has 3 aromatic rings. The Labute approximate surface area is 164 Å². The standard InChI is InChI=1S/C21H21ClN4O/c1-15(2)26(13-16-8-4-3-5-9-16)20-12-19(23-14-24-20)21(27)25-18-11-7-6-10-17(18)22/h3-12,14-15H,13H2,1-2H3,(H,25,27). The van der Waals surface area contributed by atoms with Crippen LogP contribution in [0.15, 0.2) is 67.0 Å². The monoisotopic (exact) mass is 380 g/mol. The van der Waals surface area contributed by atoms with E-state index in [1.807, 2.05) is 30.3 Å². The van der Waals surface area contributed by atoms with Crippen LogP contribution in [-0.4, -0.2) is 21.9 Å². The normalized spacial score (nSPS) is 10.7. The maximum atomic E-state index is 12.6. The van der Waals surface area contributed by atoms with E-state index in [1.54, 1.807) is 18.2 Å². The van der Waals surface area contributed by atoms with Crippen molar-refractivity contribution in [3.8, 4) is 0 Å². The highest BCUT2D eigenvalue weighted by atomic mass is 35.5. The molecular weight excluding hydrogens is 360 g/mol. The highest BCUT2D eigenvalue weighted by Gasteiger charge is 2.16. The Hall–Kier alpha value is -2.92. The van der Waals surface area contributed by atoms with Gasteiger partial charge in [-0.3, -0.25) is 4.79 Å². The number of rotatable bonds is 6. The van der Waals surface area contributed by atoms with Crippen molar-refractivity contribution >= 4 is 29.0 Å². The average Bonchev–Trinajstić information content (AvgIpc) is 2.68. The molecule has 0 radical (unpaired) electrons. The quantitative estimate of drug-likeness (QED) is 0.667. The van der Waals surface area contributed by atoms with Gasteiger partial charge >= 0.3 is 0 Å². The second-order valence-corrected chi connectivity index (χ2v) is 6.81. The maximum Gasteiger partial charge on any atom is 0.274 e. The number of hydrogen-bond donors (Lipinski definition) is 1. The highest BCUT2D eigenvalue weighted by Crippen LogP contribution is 2.22. The number of anilines is 2. The smallest absolute Gasteiger partial charge is 0.274 e. The Morgan fingerprint density at radius 1 is 1.07 bits per heavy atom. The molecule has 0 aliphatic rings. The molecular formula is C21H21ClN4O. The summed E-state index contributed by atoms with van der Waals surface area (Å²) < 4.78 is 0. The Balaban J connectivity index is 1.82. The Bertz CT molecular complexity index is 915. The molecule has 0 saturated carbocycles. The molecule has 3 rings (SSSR count). The summed E-state index contributed by atoms with van der Waals surface area (Å²) in [5.74, 6) is 0.378. The summed E-state index contributed by atoms with van der Waals surface area (Å²) in [5, 5.41) is 3.27. The van der Waals surface area contributed by atoms with Crippen LogP contribution in [0.4, 0.5) is 11.5 Å². The molecule has 0 fully saturated rings. The predicted molar refractivity (Wildman–Crippen MR) is 109 cm³/mol. The van der Waals surface area contributed by atoms with Crippen molar-refractivity contribution in [3.63, 3.8) is 0 Å². The SMILES string of the molecule is CC(C)N(Cc1ccccc1)c1cc(C(=O)Nc2ccccc2Cl)ncn1. The largest absolute Gasteiger partial charge is 0.350 e. The third-order valence-electron chi connectivity index (χ3n) is 4.12. The maximum absolute atomic E-state index is 12.6. The van der Waals surface area contributed by atoms with Gasteiger partial charge in [-0.1, -0.05) is 54.1 Å². The molecule has 1 N–H and O–H groups in total. The molecule has 0 spiro atoms. The number of para-hydroxylation sites is 1. The molecule has 5 nitrogen and oxygen atoms in total. The Morgan fingerprint density at radius 3 is 2.48 bits per heavy atom. The summed E-state index contributed by atoms with van der Waals surface area (Å²) in [6, 6.07) is 19.2. The molecule has 27 heavy (non-hydrogen) atoms. The molecule has 0 aliphatic carbocycles. The van der Waals surface area contributed by atoms with E-state index in [0.29, 0.717) is 28.8 Å². The fourth-order valence-corrected chi connectivity index (χ4v) is 2.87. The zero-order valence-corrected chi connectivity index (χ0v) is 16.0. The van der Waals surface area contributed by atoms with Gasteiger partial charge in [0.2, 0.25) is 0 Å². The minimum absolute atomic E-state index is 0.208. The van der Waals surface area contributed by atoms with Crippen LogP contribution in [0.25, 0.3) is 0 Å². The van der Waals surface area contributed by atoms with Crippen LogP contribution in [0.3, 0.4) is 0 Å². The van der Waals surface area contributed by atoms with E-state index in [4.69, 9.17) is 11.6 Å². The van der Waals surface area contributed by atoms with Crippen LogP contribution < -0.4 is 10.2 Å². The first-order chi connectivity index (χ1) is 13.0. The number of carbonyl (C=O) groups excluding carboxylic acids is 1. The minimum Gasteiger partial charge on any atom is -0.350 e. The summed E-state index contributed by atoms with van der Waals surface area (Å²) in [6.07, 6.45) is 1.41. The molecule has 0 unspecified atom stereocenters. The van der Waals surface area contributed by atoms with E-state index >= 15 is 0 Å². The number of amides is 1. The molecule has 2 aromatic carbocycles. The van der Waals surface area contributed by atoms with Crippen LogP contribution >= 0.6 is 11.6 Å². The van der Waals surface area contributed by atoms with E-state index in [9.17, 15) is 4.79 Å². The van der Waals surface area contributed by atoms with Gasteiger partial charge in [-0.2, -0.15) is 0 Å². The van der Waals surface area contributed by atoms with Gasteiger partial charge in [0.05, 0.1) is 10.7 Å². The van der Waals surface area contributed by atoms with Crippen molar-refractivity contribution in [2.75, 3.05) is 10.2 Å². The molecule has 0 atom stereocenters. The number of carbonyl (C=O) groups is 1. The zero-order chi connectivity index (χ0) is 19.2. The fraction of sp³-hybridized carbons (Fsp3) is 0.190. The van der Waals surface area contributed by atoms with E-state index in [0.717, 1.165) is 0 Å². The van der Waals surface area contributed by atoms with Crippen molar-refractivity contribution in [1.29, 1.82) is 0 Å². The van der Waals surface area contributed by atoms with Gasteiger partial charge in [-0.05, 0) is 31.5 Å². The van der Waals surface area contributed by atoms with Gasteiger partial charge in [-0.25, -0.2) is 9.97 Å². The van der Waals surface area contributed by atoms with Gasteiger partial charge in [0.1, 0.15) is 17.8 Å². The molecule has 0 aliphatic heterocycles. The minimum atomic E-state index is -0.324. The number of nitrogens with zero attached hydrogens (tertiary/aromatic N) is 3. The Morgan fingerprint density at radius 2 is 1.78 bits per heavy atom. The number of nitrogens with one attached hydrogen (secondary N) is 1. The van der Waals surface area contributed by atoms with Gasteiger partial charge < -0.3 is 10.2 Å². The number of hydrogen-bond acceptors (Lipinski definition) is 4. The van der Waals surface area contributed by atoms with Crippen molar-refractivity contribution in [2.24, 2.45) is 0 Å². The van der Waals surface area contributed by atoms with E-state index in [2.05, 4.69) is 46.2 Å². The van der Waals surface area contributed by atoms with Gasteiger partial charge in [-0.15, -0.1) is 0 Å². The van der Waals surface area contributed by atoms with Crippen LogP contribution in [0.5, 0.6) is 0 Å². The molecule has 6 heteroatoms. The second-order valence-electron chi connectivity index (χ2n) is 6.40. The predicted octanol–water partition coefficient (Wildman–Crippen LogP) is 4.80. The first-order valence-corrected chi connectivity index (χ1v) is 9.11. The molecule has 0 bridgehead atoms. The third kappa shape index (κ3) is 4.83. The number of benzene rings is 2. The topological polar surface area (TPSA) is 58.1 Å². The van der Waals surface area contributed by atoms with Gasteiger partial charge in [0.25, 0.3) is 5.91 Å². The lowest BCUT2D eigenvalue weighted by molar-refractivity contribution is 0.102. The van der Waals surface area contributed by atoms with Crippen molar-refractivity contribution in [3.05, 3.63) is 83.3 Å². The summed E-state index contributed by atoms with van der Waals surface area (Å²) >= 11 is 6.11. The molecule has 0 saturated heterocycles. The average molecular weight is 381 g/mol. The summed E-state index contributed by atoms with van der Waals surface area (Å²) in [7, 11) is 0. The lowest BCUT2D eigenvalue weighted by Gasteiger charge is -2.28. The van der Waals surface area contributed by atoms with Gasteiger partial charge in [0.15, 0.2) is 0 Å². The van der Waals surface area contributed by atoms with E-state index in [1.165, 1.54) is 11.9 Å². The third-order valence-corrected chi connectivity index (χ3v) is 4.45. The first kappa shape index (κ1) is 18.9. The molecule has 1 amide bonds. The second kappa shape index (κ2) is 8.64. The van der Waals surface area contributed by atoms with E-state index < -0.39 is 0 Å². The van der Waals surface area contributed by atoms with Gasteiger partial charge in [0, 0.05) is 18.7 Å². The lowest BCUT2D eigenvalue weighted by Crippen LogP contribution is -2.31. The highest BCUT2D eigenvalue weighted by molar-refractivity contribution is 6.33.